The molecule has 0 amide bonds. The number of anilines is 1. The minimum absolute atomic E-state index is 0.538. The van der Waals surface area contributed by atoms with E-state index in [0.29, 0.717) is 5.82 Å². The average Bonchev–Trinajstić information content (AvgIpc) is 2.60. The Balaban J connectivity index is 2.48. The second-order valence-electron chi connectivity index (χ2n) is 3.43. The smallest absolute Gasteiger partial charge is 0.124 e. The van der Waals surface area contributed by atoms with Crippen molar-refractivity contribution in [2.24, 2.45) is 0 Å². The van der Waals surface area contributed by atoms with E-state index in [9.17, 15) is 0 Å². The summed E-state index contributed by atoms with van der Waals surface area (Å²) in [6.07, 6.45) is 2.00. The van der Waals surface area contributed by atoms with Crippen LogP contribution in [-0.2, 0) is 6.54 Å². The molecule has 4 nitrogen and oxygen atoms in total. The maximum Gasteiger partial charge on any atom is 0.124 e. The Kier molecular flexibility index (Phi) is 2.41. The van der Waals surface area contributed by atoms with Gasteiger partial charge in [0.05, 0.1) is 11.4 Å². The first-order valence-electron chi connectivity index (χ1n) is 4.97. The summed E-state index contributed by atoms with van der Waals surface area (Å²) >= 11 is 0. The lowest BCUT2D eigenvalue weighted by Gasteiger charge is -1.98. The molecule has 2 aromatic heterocycles. The second kappa shape index (κ2) is 3.73. The van der Waals surface area contributed by atoms with Crippen molar-refractivity contribution in [3.05, 3.63) is 30.1 Å². The van der Waals surface area contributed by atoms with Gasteiger partial charge in [0.25, 0.3) is 0 Å². The highest BCUT2D eigenvalue weighted by Gasteiger charge is 2.07. The maximum atomic E-state index is 5.65. The van der Waals surface area contributed by atoms with E-state index in [1.807, 2.05) is 29.9 Å². The molecule has 0 fully saturated rings. The molecule has 0 bridgehead atoms. The van der Waals surface area contributed by atoms with E-state index >= 15 is 0 Å². The highest BCUT2D eigenvalue weighted by molar-refractivity contribution is 5.62. The second-order valence-corrected chi connectivity index (χ2v) is 3.43. The summed E-state index contributed by atoms with van der Waals surface area (Å²) < 4.78 is 1.90. The van der Waals surface area contributed by atoms with Crippen LogP contribution in [0.4, 0.5) is 5.82 Å². The monoisotopic (exact) mass is 202 g/mol. The lowest BCUT2D eigenvalue weighted by Crippen LogP contribution is -1.93. The predicted molar refractivity (Wildman–Crippen MR) is 60.3 cm³/mol. The Labute approximate surface area is 88.8 Å². The Morgan fingerprint density at radius 2 is 2.20 bits per heavy atom. The minimum atomic E-state index is 0.538. The highest BCUT2D eigenvalue weighted by atomic mass is 15.3. The van der Waals surface area contributed by atoms with Crippen molar-refractivity contribution < 1.29 is 0 Å². The van der Waals surface area contributed by atoms with Gasteiger partial charge in [0.1, 0.15) is 5.82 Å². The van der Waals surface area contributed by atoms with E-state index in [1.54, 1.807) is 6.07 Å². The number of aromatic nitrogens is 3. The van der Waals surface area contributed by atoms with Crippen molar-refractivity contribution in [2.45, 2.75) is 20.4 Å². The van der Waals surface area contributed by atoms with Crippen molar-refractivity contribution in [1.82, 2.24) is 14.8 Å². The minimum Gasteiger partial charge on any atom is -0.384 e. The number of aryl methyl sites for hydroxylation is 2. The summed E-state index contributed by atoms with van der Waals surface area (Å²) in [6, 6.07) is 5.63. The molecule has 4 heteroatoms. The van der Waals surface area contributed by atoms with Crippen LogP contribution in [0.2, 0.25) is 0 Å². The quantitative estimate of drug-likeness (QED) is 0.808. The van der Waals surface area contributed by atoms with Crippen molar-refractivity contribution in [3.8, 4) is 11.3 Å². The van der Waals surface area contributed by atoms with Crippen LogP contribution in [0, 0.1) is 6.92 Å². The molecule has 2 aromatic rings. The third kappa shape index (κ3) is 1.83. The molecule has 0 aliphatic carbocycles. The largest absolute Gasteiger partial charge is 0.384 e. The molecule has 0 aliphatic rings. The fraction of sp³-hybridized carbons (Fsp3) is 0.273. The SMILES string of the molecule is CCn1cc(-c2cccc(N)n2)c(C)n1. The molecule has 0 radical (unpaired) electrons. The van der Waals surface area contributed by atoms with Gasteiger partial charge in [-0.15, -0.1) is 0 Å². The van der Waals surface area contributed by atoms with Gasteiger partial charge in [-0.2, -0.15) is 5.10 Å². The summed E-state index contributed by atoms with van der Waals surface area (Å²) in [4.78, 5) is 4.28. The zero-order chi connectivity index (χ0) is 10.8. The summed E-state index contributed by atoms with van der Waals surface area (Å²) in [5, 5.41) is 4.37. The van der Waals surface area contributed by atoms with Crippen LogP contribution in [0.15, 0.2) is 24.4 Å². The topological polar surface area (TPSA) is 56.7 Å². The van der Waals surface area contributed by atoms with Crippen LogP contribution < -0.4 is 5.73 Å². The van der Waals surface area contributed by atoms with E-state index in [2.05, 4.69) is 17.0 Å². The Hall–Kier alpha value is -1.84. The lowest BCUT2D eigenvalue weighted by molar-refractivity contribution is 0.653. The number of nitrogens with two attached hydrogens (primary N) is 1. The maximum absolute atomic E-state index is 5.65. The van der Waals surface area contributed by atoms with Crippen LogP contribution in [-0.4, -0.2) is 14.8 Å². The predicted octanol–water partition coefficient (Wildman–Crippen LogP) is 1.86. The van der Waals surface area contributed by atoms with Gasteiger partial charge in [0, 0.05) is 18.3 Å². The Bertz CT molecular complexity index is 473. The van der Waals surface area contributed by atoms with Crippen molar-refractivity contribution in [1.29, 1.82) is 0 Å². The van der Waals surface area contributed by atoms with Gasteiger partial charge in [-0.25, -0.2) is 4.98 Å². The summed E-state index contributed by atoms with van der Waals surface area (Å²) in [7, 11) is 0. The van der Waals surface area contributed by atoms with Crippen LogP contribution >= 0.6 is 0 Å². The first-order valence-corrected chi connectivity index (χ1v) is 4.97. The average molecular weight is 202 g/mol. The molecule has 0 saturated carbocycles. The molecule has 15 heavy (non-hydrogen) atoms. The third-order valence-corrected chi connectivity index (χ3v) is 2.32. The van der Waals surface area contributed by atoms with Gasteiger partial charge in [0.2, 0.25) is 0 Å². The van der Waals surface area contributed by atoms with Crippen molar-refractivity contribution in [2.75, 3.05) is 5.73 Å². The molecule has 2 heterocycles. The molecule has 0 aliphatic heterocycles. The van der Waals surface area contributed by atoms with Crippen LogP contribution in [0.1, 0.15) is 12.6 Å². The normalized spacial score (nSPS) is 10.5. The van der Waals surface area contributed by atoms with Gasteiger partial charge in [0.15, 0.2) is 0 Å². The molecule has 0 aromatic carbocycles. The Morgan fingerprint density at radius 3 is 2.80 bits per heavy atom. The van der Waals surface area contributed by atoms with Gasteiger partial charge in [-0.1, -0.05) is 6.07 Å². The fourth-order valence-electron chi connectivity index (χ4n) is 1.53. The summed E-state index contributed by atoms with van der Waals surface area (Å²) in [5.74, 6) is 0.538. The highest BCUT2D eigenvalue weighted by Crippen LogP contribution is 2.20. The zero-order valence-corrected chi connectivity index (χ0v) is 8.94. The number of rotatable bonds is 2. The number of hydrogen-bond donors (Lipinski definition) is 1. The van der Waals surface area contributed by atoms with Crippen molar-refractivity contribution in [3.63, 3.8) is 0 Å². The zero-order valence-electron chi connectivity index (χ0n) is 8.94. The van der Waals surface area contributed by atoms with E-state index in [4.69, 9.17) is 5.73 Å². The number of pyridine rings is 1. The van der Waals surface area contributed by atoms with E-state index < -0.39 is 0 Å². The van der Waals surface area contributed by atoms with Gasteiger partial charge >= 0.3 is 0 Å². The fourth-order valence-corrected chi connectivity index (χ4v) is 1.53. The molecule has 0 unspecified atom stereocenters. The molecule has 2 rings (SSSR count). The lowest BCUT2D eigenvalue weighted by atomic mass is 10.2. The molecule has 78 valence electrons. The number of hydrogen-bond acceptors (Lipinski definition) is 3. The van der Waals surface area contributed by atoms with E-state index in [0.717, 1.165) is 23.5 Å². The molecular weight excluding hydrogens is 188 g/mol. The third-order valence-electron chi connectivity index (χ3n) is 2.32. The van der Waals surface area contributed by atoms with Gasteiger partial charge in [-0.3, -0.25) is 4.68 Å². The molecule has 2 N–H and O–H groups in total. The number of nitrogen functional groups attached to an aromatic ring is 1. The Morgan fingerprint density at radius 1 is 1.40 bits per heavy atom. The first-order chi connectivity index (χ1) is 7.20. The molecule has 0 spiro atoms. The van der Waals surface area contributed by atoms with E-state index in [1.165, 1.54) is 0 Å². The standard InChI is InChI=1S/C11H14N4/c1-3-15-7-9(8(2)14-15)10-5-4-6-11(12)13-10/h4-7H,3H2,1-2H3,(H2,12,13). The van der Waals surface area contributed by atoms with Crippen molar-refractivity contribution >= 4 is 5.82 Å². The number of nitrogens with zero attached hydrogens (tertiary/aromatic N) is 3. The summed E-state index contributed by atoms with van der Waals surface area (Å²) in [5.41, 5.74) is 8.56. The molecular formula is C11H14N4. The van der Waals surface area contributed by atoms with Crippen LogP contribution in [0.25, 0.3) is 11.3 Å². The molecule has 0 atom stereocenters. The van der Waals surface area contributed by atoms with Crippen LogP contribution in [0.5, 0.6) is 0 Å². The molecule has 0 saturated heterocycles. The van der Waals surface area contributed by atoms with Gasteiger partial charge < -0.3 is 5.73 Å². The summed E-state index contributed by atoms with van der Waals surface area (Å²) in [6.45, 7) is 4.90. The van der Waals surface area contributed by atoms with E-state index in [-0.39, 0.29) is 0 Å². The van der Waals surface area contributed by atoms with Crippen LogP contribution in [0.3, 0.4) is 0 Å². The first kappa shape index (κ1) is 9.71. The van der Waals surface area contributed by atoms with Gasteiger partial charge in [-0.05, 0) is 26.0 Å².